The smallest absolute Gasteiger partial charge is 0.242 e. The number of carbonyl (C=O) groups excluding carboxylic acids is 1. The van der Waals surface area contributed by atoms with Crippen LogP contribution in [-0.4, -0.2) is 32.4 Å². The van der Waals surface area contributed by atoms with Crippen molar-refractivity contribution in [3.63, 3.8) is 0 Å². The number of carbonyl (C=O) groups is 1. The van der Waals surface area contributed by atoms with Gasteiger partial charge in [0.05, 0.1) is 5.02 Å². The van der Waals surface area contributed by atoms with Crippen LogP contribution in [-0.2, 0) is 14.8 Å². The minimum atomic E-state index is -3.76. The second-order valence-electron chi connectivity index (χ2n) is 3.75. The number of hydrogen-bond acceptors (Lipinski definition) is 6. The average molecular weight is 322 g/mol. The number of nitrogens with one attached hydrogen (secondary N) is 3. The van der Waals surface area contributed by atoms with E-state index < -0.39 is 10.0 Å². The van der Waals surface area contributed by atoms with Crippen LogP contribution in [0.1, 0.15) is 13.3 Å². The van der Waals surface area contributed by atoms with Crippen molar-refractivity contribution in [2.45, 2.75) is 18.2 Å². The van der Waals surface area contributed by atoms with E-state index in [2.05, 4.69) is 20.4 Å². The number of nitrogen functional groups attached to an aromatic ring is 1. The van der Waals surface area contributed by atoms with Gasteiger partial charge in [-0.2, -0.15) is 0 Å². The van der Waals surface area contributed by atoms with Gasteiger partial charge in [0.15, 0.2) is 5.82 Å². The van der Waals surface area contributed by atoms with E-state index in [9.17, 15) is 13.2 Å². The van der Waals surface area contributed by atoms with Crippen molar-refractivity contribution in [2.75, 3.05) is 18.5 Å². The fraction of sp³-hybridized carbons (Fsp3) is 0.400. The summed E-state index contributed by atoms with van der Waals surface area (Å²) in [6.45, 7) is 2.27. The van der Waals surface area contributed by atoms with E-state index in [1.165, 1.54) is 6.07 Å². The number of anilines is 1. The van der Waals surface area contributed by atoms with Crippen LogP contribution in [0.4, 0.5) is 5.82 Å². The highest BCUT2D eigenvalue weighted by atomic mass is 35.5. The fourth-order valence-electron chi connectivity index (χ4n) is 1.34. The molecule has 0 aliphatic heterocycles. The quantitative estimate of drug-likeness (QED) is 0.408. The van der Waals surface area contributed by atoms with Crippen molar-refractivity contribution >= 4 is 33.3 Å². The van der Waals surface area contributed by atoms with Gasteiger partial charge in [0.2, 0.25) is 15.9 Å². The standard InChI is InChI=1S/C10H16ClN5O3S/c1-2-13-9(17)3-4-15-20(18,19)7-5-8(11)10(16-12)14-6-7/h5-6,15H,2-4,12H2,1H3,(H,13,17)(H,14,16). The molecule has 0 bridgehead atoms. The Morgan fingerprint density at radius 3 is 2.75 bits per heavy atom. The summed E-state index contributed by atoms with van der Waals surface area (Å²) >= 11 is 5.80. The number of nitrogens with zero attached hydrogens (tertiary/aromatic N) is 1. The van der Waals surface area contributed by atoms with Gasteiger partial charge in [-0.25, -0.2) is 24.0 Å². The summed E-state index contributed by atoms with van der Waals surface area (Å²) in [5.74, 6) is 5.09. The van der Waals surface area contributed by atoms with E-state index in [1.54, 1.807) is 6.92 Å². The summed E-state index contributed by atoms with van der Waals surface area (Å²) in [4.78, 5) is 14.9. The van der Waals surface area contributed by atoms with Gasteiger partial charge < -0.3 is 10.7 Å². The van der Waals surface area contributed by atoms with Crippen LogP contribution in [0.2, 0.25) is 5.02 Å². The predicted molar refractivity (Wildman–Crippen MR) is 75.5 cm³/mol. The first-order chi connectivity index (χ1) is 9.40. The highest BCUT2D eigenvalue weighted by Crippen LogP contribution is 2.21. The largest absolute Gasteiger partial charge is 0.356 e. The number of halogens is 1. The summed E-state index contributed by atoms with van der Waals surface area (Å²) in [5, 5.41) is 2.65. The van der Waals surface area contributed by atoms with Crippen LogP contribution in [0.3, 0.4) is 0 Å². The first-order valence-corrected chi connectivity index (χ1v) is 7.65. The number of amides is 1. The molecule has 1 aromatic rings. The van der Waals surface area contributed by atoms with Crippen LogP contribution in [0, 0.1) is 0 Å². The molecule has 0 spiro atoms. The van der Waals surface area contributed by atoms with Crippen molar-refractivity contribution in [3.05, 3.63) is 17.3 Å². The van der Waals surface area contributed by atoms with Gasteiger partial charge in [-0.1, -0.05) is 11.6 Å². The third-order valence-corrected chi connectivity index (χ3v) is 4.00. The highest BCUT2D eigenvalue weighted by molar-refractivity contribution is 7.89. The van der Waals surface area contributed by atoms with Gasteiger partial charge in [0, 0.05) is 25.7 Å². The minimum Gasteiger partial charge on any atom is -0.356 e. The topological polar surface area (TPSA) is 126 Å². The van der Waals surface area contributed by atoms with E-state index in [-0.39, 0.29) is 34.6 Å². The molecule has 0 radical (unpaired) electrons. The molecule has 0 saturated carbocycles. The number of aromatic nitrogens is 1. The summed E-state index contributed by atoms with van der Waals surface area (Å²) in [7, 11) is -3.76. The summed E-state index contributed by atoms with van der Waals surface area (Å²) < 4.78 is 26.2. The average Bonchev–Trinajstić information content (AvgIpc) is 2.38. The molecule has 0 atom stereocenters. The molecule has 0 aromatic carbocycles. The Labute approximate surface area is 122 Å². The Bertz CT molecular complexity index is 578. The molecule has 1 heterocycles. The molecule has 8 nitrogen and oxygen atoms in total. The molecular formula is C10H16ClN5O3S. The van der Waals surface area contributed by atoms with Crippen molar-refractivity contribution in [3.8, 4) is 0 Å². The lowest BCUT2D eigenvalue weighted by Gasteiger charge is -2.08. The Hall–Kier alpha value is -1.42. The number of pyridine rings is 1. The van der Waals surface area contributed by atoms with Gasteiger partial charge >= 0.3 is 0 Å². The number of sulfonamides is 1. The molecule has 0 saturated heterocycles. The zero-order valence-electron chi connectivity index (χ0n) is 10.8. The predicted octanol–water partition coefficient (Wildman–Crippen LogP) is -0.175. The first kappa shape index (κ1) is 16.6. The van der Waals surface area contributed by atoms with Crippen molar-refractivity contribution in [1.29, 1.82) is 0 Å². The van der Waals surface area contributed by atoms with Gasteiger partial charge in [0.1, 0.15) is 4.90 Å². The summed E-state index contributed by atoms with van der Waals surface area (Å²) in [5.41, 5.74) is 2.23. The van der Waals surface area contributed by atoms with Crippen LogP contribution in [0.25, 0.3) is 0 Å². The zero-order chi connectivity index (χ0) is 15.2. The SMILES string of the molecule is CCNC(=O)CCNS(=O)(=O)c1cnc(NN)c(Cl)c1. The Kier molecular flexibility index (Phi) is 6.14. The normalized spacial score (nSPS) is 11.2. The molecule has 0 aliphatic rings. The van der Waals surface area contributed by atoms with Crippen LogP contribution in [0.15, 0.2) is 17.2 Å². The molecule has 1 rings (SSSR count). The second kappa shape index (κ2) is 7.39. The maximum Gasteiger partial charge on any atom is 0.242 e. The van der Waals surface area contributed by atoms with E-state index in [1.807, 2.05) is 0 Å². The molecule has 0 unspecified atom stereocenters. The number of hydrazine groups is 1. The Morgan fingerprint density at radius 2 is 2.20 bits per heavy atom. The second-order valence-corrected chi connectivity index (χ2v) is 5.92. The number of nitrogens with two attached hydrogens (primary N) is 1. The highest BCUT2D eigenvalue weighted by Gasteiger charge is 2.16. The third-order valence-electron chi connectivity index (χ3n) is 2.28. The lowest BCUT2D eigenvalue weighted by molar-refractivity contribution is -0.120. The number of rotatable bonds is 7. The first-order valence-electron chi connectivity index (χ1n) is 5.79. The molecule has 20 heavy (non-hydrogen) atoms. The van der Waals surface area contributed by atoms with Crippen LogP contribution < -0.4 is 21.3 Å². The van der Waals surface area contributed by atoms with Crippen LogP contribution >= 0.6 is 11.6 Å². The maximum absolute atomic E-state index is 11.9. The number of hydrogen-bond donors (Lipinski definition) is 4. The van der Waals surface area contributed by atoms with Crippen molar-refractivity contribution < 1.29 is 13.2 Å². The summed E-state index contributed by atoms with van der Waals surface area (Å²) in [6, 6.07) is 1.22. The maximum atomic E-state index is 11.9. The third kappa shape index (κ3) is 4.60. The lowest BCUT2D eigenvalue weighted by atomic mass is 10.4. The monoisotopic (exact) mass is 321 g/mol. The fourth-order valence-corrected chi connectivity index (χ4v) is 2.63. The van der Waals surface area contributed by atoms with Gasteiger partial charge in [-0.15, -0.1) is 0 Å². The van der Waals surface area contributed by atoms with E-state index in [0.717, 1.165) is 6.20 Å². The zero-order valence-corrected chi connectivity index (χ0v) is 12.4. The van der Waals surface area contributed by atoms with E-state index >= 15 is 0 Å². The molecule has 1 amide bonds. The van der Waals surface area contributed by atoms with Gasteiger partial charge in [-0.05, 0) is 13.0 Å². The molecule has 0 fully saturated rings. The van der Waals surface area contributed by atoms with Crippen molar-refractivity contribution in [2.24, 2.45) is 5.84 Å². The molecule has 0 aliphatic carbocycles. The molecule has 10 heteroatoms. The molecular weight excluding hydrogens is 306 g/mol. The van der Waals surface area contributed by atoms with Gasteiger partial charge in [0.25, 0.3) is 0 Å². The summed E-state index contributed by atoms with van der Waals surface area (Å²) in [6.07, 6.45) is 1.17. The van der Waals surface area contributed by atoms with E-state index in [0.29, 0.717) is 6.54 Å². The van der Waals surface area contributed by atoms with Crippen LogP contribution in [0.5, 0.6) is 0 Å². The minimum absolute atomic E-state index is 0.0112. The Balaban J connectivity index is 2.69. The molecule has 112 valence electrons. The van der Waals surface area contributed by atoms with E-state index in [4.69, 9.17) is 17.4 Å². The Morgan fingerprint density at radius 1 is 1.50 bits per heavy atom. The lowest BCUT2D eigenvalue weighted by Crippen LogP contribution is -2.30. The van der Waals surface area contributed by atoms with Gasteiger partial charge in [-0.3, -0.25) is 4.79 Å². The molecule has 5 N–H and O–H groups in total. The molecule has 1 aromatic heterocycles. The van der Waals surface area contributed by atoms with Crippen molar-refractivity contribution in [1.82, 2.24) is 15.0 Å².